The standard InChI is InChI=1S/C15H20N2O3S/c1-17-8-6-12-14(10-17)16-13-5-3-4-11(15(12)13)7-9-20-21(2,18)19/h3-5,16H,6-10H2,1-2H3. The highest BCUT2D eigenvalue weighted by atomic mass is 32.2. The first-order valence-corrected chi connectivity index (χ1v) is 8.90. The van der Waals surface area contributed by atoms with E-state index in [1.807, 2.05) is 6.07 Å². The van der Waals surface area contributed by atoms with Gasteiger partial charge in [0.05, 0.1) is 12.9 Å². The van der Waals surface area contributed by atoms with Gasteiger partial charge in [-0.15, -0.1) is 0 Å². The van der Waals surface area contributed by atoms with Gasteiger partial charge in [0.25, 0.3) is 10.1 Å². The molecule has 1 N–H and O–H groups in total. The fourth-order valence-corrected chi connectivity index (χ4v) is 3.41. The second-order valence-electron chi connectivity index (χ2n) is 5.69. The molecule has 21 heavy (non-hydrogen) atoms. The van der Waals surface area contributed by atoms with Gasteiger partial charge in [-0.05, 0) is 37.1 Å². The Kier molecular flexibility index (Phi) is 3.77. The van der Waals surface area contributed by atoms with Crippen molar-refractivity contribution >= 4 is 21.0 Å². The lowest BCUT2D eigenvalue weighted by Crippen LogP contribution is -2.26. The molecule has 0 amide bonds. The van der Waals surface area contributed by atoms with Crippen molar-refractivity contribution < 1.29 is 12.6 Å². The predicted molar refractivity (Wildman–Crippen MR) is 82.8 cm³/mol. The molecule has 0 saturated carbocycles. The van der Waals surface area contributed by atoms with Crippen LogP contribution in [-0.4, -0.2) is 44.8 Å². The summed E-state index contributed by atoms with van der Waals surface area (Å²) in [5.41, 5.74) is 4.93. The Morgan fingerprint density at radius 2 is 2.19 bits per heavy atom. The minimum atomic E-state index is -3.37. The Morgan fingerprint density at radius 1 is 1.38 bits per heavy atom. The molecule has 0 radical (unpaired) electrons. The minimum absolute atomic E-state index is 0.192. The van der Waals surface area contributed by atoms with E-state index in [0.717, 1.165) is 36.8 Å². The highest BCUT2D eigenvalue weighted by Crippen LogP contribution is 2.30. The van der Waals surface area contributed by atoms with Crippen LogP contribution in [0.5, 0.6) is 0 Å². The molecule has 0 bridgehead atoms. The summed E-state index contributed by atoms with van der Waals surface area (Å²) in [5, 5.41) is 1.25. The molecule has 1 aliphatic heterocycles. The van der Waals surface area contributed by atoms with Gasteiger partial charge in [-0.25, -0.2) is 0 Å². The van der Waals surface area contributed by atoms with Crippen LogP contribution in [-0.2, 0) is 33.7 Å². The Hall–Kier alpha value is -1.37. The molecule has 5 nitrogen and oxygen atoms in total. The normalized spacial score (nSPS) is 16.3. The third-order valence-electron chi connectivity index (χ3n) is 3.94. The number of rotatable bonds is 4. The number of nitrogens with zero attached hydrogens (tertiary/aromatic N) is 1. The monoisotopic (exact) mass is 308 g/mol. The number of aromatic nitrogens is 1. The fourth-order valence-electron chi connectivity index (χ4n) is 3.02. The van der Waals surface area contributed by atoms with E-state index in [4.69, 9.17) is 4.18 Å². The second kappa shape index (κ2) is 5.44. The number of fused-ring (bicyclic) bond motifs is 3. The summed E-state index contributed by atoms with van der Waals surface area (Å²) in [7, 11) is -1.25. The Morgan fingerprint density at radius 3 is 2.95 bits per heavy atom. The molecule has 0 unspecified atom stereocenters. The molecule has 2 heterocycles. The van der Waals surface area contributed by atoms with Crippen LogP contribution in [0.1, 0.15) is 16.8 Å². The number of H-pyrrole nitrogens is 1. The molecule has 0 atom stereocenters. The van der Waals surface area contributed by atoms with Gasteiger partial charge in [-0.2, -0.15) is 8.42 Å². The summed E-state index contributed by atoms with van der Waals surface area (Å²) in [6.45, 7) is 2.18. The van der Waals surface area contributed by atoms with E-state index < -0.39 is 10.1 Å². The maximum absolute atomic E-state index is 11.1. The van der Waals surface area contributed by atoms with Crippen LogP contribution in [0.25, 0.3) is 10.9 Å². The van der Waals surface area contributed by atoms with E-state index in [1.165, 1.54) is 16.6 Å². The third kappa shape index (κ3) is 3.12. The third-order valence-corrected chi connectivity index (χ3v) is 4.54. The van der Waals surface area contributed by atoms with Gasteiger partial charge in [0.15, 0.2) is 0 Å². The number of hydrogen-bond acceptors (Lipinski definition) is 4. The lowest BCUT2D eigenvalue weighted by atomic mass is 9.98. The zero-order valence-corrected chi connectivity index (χ0v) is 13.2. The molecule has 114 valence electrons. The van der Waals surface area contributed by atoms with Crippen LogP contribution in [0.3, 0.4) is 0 Å². The first-order chi connectivity index (χ1) is 9.94. The lowest BCUT2D eigenvalue weighted by molar-refractivity contribution is 0.310. The van der Waals surface area contributed by atoms with Crippen LogP contribution in [0.2, 0.25) is 0 Å². The van der Waals surface area contributed by atoms with Gasteiger partial charge < -0.3 is 9.88 Å². The summed E-state index contributed by atoms with van der Waals surface area (Å²) in [6.07, 6.45) is 2.71. The van der Waals surface area contributed by atoms with E-state index in [-0.39, 0.29) is 6.61 Å². The van der Waals surface area contributed by atoms with E-state index in [0.29, 0.717) is 6.42 Å². The quantitative estimate of drug-likeness (QED) is 0.873. The molecule has 1 aliphatic rings. The molecule has 1 aromatic heterocycles. The number of aromatic amines is 1. The van der Waals surface area contributed by atoms with Crippen LogP contribution >= 0.6 is 0 Å². The van der Waals surface area contributed by atoms with Crippen molar-refractivity contribution in [2.45, 2.75) is 19.4 Å². The van der Waals surface area contributed by atoms with E-state index in [2.05, 4.69) is 29.1 Å². The maximum Gasteiger partial charge on any atom is 0.264 e. The average Bonchev–Trinajstić information content (AvgIpc) is 2.75. The molecule has 0 fully saturated rings. The molecule has 2 aromatic rings. The number of hydrogen-bond donors (Lipinski definition) is 1. The van der Waals surface area contributed by atoms with Gasteiger partial charge >= 0.3 is 0 Å². The highest BCUT2D eigenvalue weighted by Gasteiger charge is 2.19. The molecule has 3 rings (SSSR count). The number of likely N-dealkylation sites (N-methyl/N-ethyl adjacent to an activating group) is 1. The van der Waals surface area contributed by atoms with Crippen LogP contribution in [0.15, 0.2) is 18.2 Å². The molecule has 1 aromatic carbocycles. The van der Waals surface area contributed by atoms with Gasteiger partial charge in [-0.3, -0.25) is 4.18 Å². The van der Waals surface area contributed by atoms with E-state index >= 15 is 0 Å². The molecule has 0 aliphatic carbocycles. The van der Waals surface area contributed by atoms with Crippen molar-refractivity contribution in [3.8, 4) is 0 Å². The van der Waals surface area contributed by atoms with Gasteiger partial charge in [0.1, 0.15) is 0 Å². The van der Waals surface area contributed by atoms with Crippen LogP contribution in [0.4, 0.5) is 0 Å². The summed E-state index contributed by atoms with van der Waals surface area (Å²) in [5.74, 6) is 0. The zero-order valence-electron chi connectivity index (χ0n) is 12.3. The van der Waals surface area contributed by atoms with E-state index in [1.54, 1.807) is 0 Å². The first kappa shape index (κ1) is 14.6. The SMILES string of the molecule is CN1CCc2c([nH]c3cccc(CCOS(C)(=O)=O)c23)C1. The Balaban J connectivity index is 1.92. The molecular weight excluding hydrogens is 288 g/mol. The first-order valence-electron chi connectivity index (χ1n) is 7.08. The summed E-state index contributed by atoms with van der Waals surface area (Å²) in [6, 6.07) is 6.14. The topological polar surface area (TPSA) is 62.4 Å². The van der Waals surface area contributed by atoms with Crippen molar-refractivity contribution in [2.24, 2.45) is 0 Å². The fraction of sp³-hybridized carbons (Fsp3) is 0.467. The largest absolute Gasteiger partial charge is 0.357 e. The maximum atomic E-state index is 11.1. The van der Waals surface area contributed by atoms with Crippen molar-refractivity contribution in [1.82, 2.24) is 9.88 Å². The van der Waals surface area contributed by atoms with Gasteiger partial charge in [0.2, 0.25) is 0 Å². The average molecular weight is 308 g/mol. The van der Waals surface area contributed by atoms with Gasteiger partial charge in [-0.1, -0.05) is 12.1 Å². The van der Waals surface area contributed by atoms with Crippen molar-refractivity contribution in [3.05, 3.63) is 35.0 Å². The molecule has 6 heteroatoms. The van der Waals surface area contributed by atoms with Crippen LogP contribution < -0.4 is 0 Å². The number of nitrogens with one attached hydrogen (secondary N) is 1. The smallest absolute Gasteiger partial charge is 0.264 e. The second-order valence-corrected chi connectivity index (χ2v) is 7.33. The summed E-state index contributed by atoms with van der Waals surface area (Å²) >= 11 is 0. The number of benzene rings is 1. The molecular formula is C15H20N2O3S. The lowest BCUT2D eigenvalue weighted by Gasteiger charge is -2.22. The van der Waals surface area contributed by atoms with E-state index in [9.17, 15) is 8.42 Å². The van der Waals surface area contributed by atoms with Gasteiger partial charge in [0, 0.05) is 29.7 Å². The Labute approximate surface area is 125 Å². The van der Waals surface area contributed by atoms with Crippen molar-refractivity contribution in [3.63, 3.8) is 0 Å². The highest BCUT2D eigenvalue weighted by molar-refractivity contribution is 7.85. The zero-order chi connectivity index (χ0) is 15.0. The summed E-state index contributed by atoms with van der Waals surface area (Å²) in [4.78, 5) is 5.79. The van der Waals surface area contributed by atoms with Crippen LogP contribution in [0, 0.1) is 0 Å². The minimum Gasteiger partial charge on any atom is -0.357 e. The predicted octanol–water partition coefficient (Wildman–Crippen LogP) is 1.67. The van der Waals surface area contributed by atoms with Crippen molar-refractivity contribution in [2.75, 3.05) is 26.5 Å². The summed E-state index contributed by atoms with van der Waals surface area (Å²) < 4.78 is 27.0. The molecule has 0 saturated heterocycles. The molecule has 0 spiro atoms. The van der Waals surface area contributed by atoms with Crippen molar-refractivity contribution in [1.29, 1.82) is 0 Å². The Bertz CT molecular complexity index is 765.